The highest BCUT2D eigenvalue weighted by Gasteiger charge is 2.33. The van der Waals surface area contributed by atoms with Crippen molar-refractivity contribution in [1.29, 1.82) is 0 Å². The number of hydrogen-bond acceptors (Lipinski definition) is 3. The van der Waals surface area contributed by atoms with Crippen LogP contribution in [0.2, 0.25) is 0 Å². The molecule has 0 radical (unpaired) electrons. The number of benzene rings is 1. The number of amides is 2. The normalized spacial score (nSPS) is 13.8. The molecule has 2 atom stereocenters. The lowest BCUT2D eigenvalue weighted by Gasteiger charge is -2.30. The fourth-order valence-corrected chi connectivity index (χ4v) is 2.06. The van der Waals surface area contributed by atoms with E-state index in [1.807, 2.05) is 63.3 Å². The van der Waals surface area contributed by atoms with Gasteiger partial charge in [-0.15, -0.1) is 6.58 Å². The molecule has 2 amide bonds. The maximum atomic E-state index is 12.6. The zero-order valence-corrected chi connectivity index (χ0v) is 14.7. The average Bonchev–Trinajstić information content (AvgIpc) is 2.55. The number of hydrogen-bond donors (Lipinski definition) is 2. The molecule has 0 aliphatic carbocycles. The van der Waals surface area contributed by atoms with Crippen LogP contribution in [0.5, 0.6) is 0 Å². The van der Waals surface area contributed by atoms with Crippen LogP contribution in [-0.4, -0.2) is 31.2 Å². The molecule has 1 rings (SSSR count). The third-order valence-electron chi connectivity index (χ3n) is 3.43. The van der Waals surface area contributed by atoms with Crippen molar-refractivity contribution in [3.05, 3.63) is 54.6 Å². The van der Waals surface area contributed by atoms with Gasteiger partial charge in [0.25, 0.3) is 0 Å². The quantitative estimate of drug-likeness (QED) is 0.788. The van der Waals surface area contributed by atoms with Crippen molar-refractivity contribution < 1.29 is 14.3 Å². The van der Waals surface area contributed by atoms with Gasteiger partial charge in [-0.3, -0.25) is 4.79 Å². The van der Waals surface area contributed by atoms with Crippen LogP contribution in [0.1, 0.15) is 26.3 Å². The molecule has 2 unspecified atom stereocenters. The number of methoxy groups -OCH3 is 1. The molecule has 0 fully saturated rings. The maximum absolute atomic E-state index is 12.6. The third-order valence-corrected chi connectivity index (χ3v) is 3.43. The highest BCUT2D eigenvalue weighted by atomic mass is 16.5. The van der Waals surface area contributed by atoms with Gasteiger partial charge in [0.2, 0.25) is 5.91 Å². The van der Waals surface area contributed by atoms with E-state index in [2.05, 4.69) is 21.9 Å². The first-order valence-electron chi connectivity index (χ1n) is 7.78. The summed E-state index contributed by atoms with van der Waals surface area (Å²) in [5.41, 5.74) is 0.561. The molecule has 130 valence electrons. The van der Waals surface area contributed by atoms with E-state index in [0.717, 1.165) is 5.56 Å². The summed E-state index contributed by atoms with van der Waals surface area (Å²) in [5.74, 6) is -0.296. The van der Waals surface area contributed by atoms with Crippen LogP contribution in [0.25, 0.3) is 6.08 Å². The third kappa shape index (κ3) is 6.28. The van der Waals surface area contributed by atoms with E-state index in [4.69, 9.17) is 0 Å². The largest absolute Gasteiger partial charge is 0.453 e. The van der Waals surface area contributed by atoms with Crippen LogP contribution in [0.3, 0.4) is 0 Å². The van der Waals surface area contributed by atoms with Gasteiger partial charge in [0.1, 0.15) is 6.04 Å². The Balaban J connectivity index is 2.81. The number of rotatable bonds is 6. The molecule has 5 nitrogen and oxygen atoms in total. The Hall–Kier alpha value is -2.56. The SMILES string of the molecule is C=CC(/C=C/c1ccccc1)NC(=O)C(NC(=O)OC)C(C)(C)C. The number of nitrogens with one attached hydrogen (secondary N) is 2. The van der Waals surface area contributed by atoms with Crippen molar-refractivity contribution in [3.8, 4) is 0 Å². The Morgan fingerprint density at radius 1 is 1.17 bits per heavy atom. The summed E-state index contributed by atoms with van der Waals surface area (Å²) in [7, 11) is 1.27. The highest BCUT2D eigenvalue weighted by molar-refractivity contribution is 5.87. The Bertz CT molecular complexity index is 588. The van der Waals surface area contributed by atoms with Crippen LogP contribution >= 0.6 is 0 Å². The van der Waals surface area contributed by atoms with Gasteiger partial charge in [-0.25, -0.2) is 4.79 Å². The molecule has 1 aromatic carbocycles. The molecule has 0 aliphatic heterocycles. The second-order valence-corrected chi connectivity index (χ2v) is 6.47. The van der Waals surface area contributed by atoms with Crippen LogP contribution in [0, 0.1) is 5.41 Å². The molecular formula is C19H26N2O3. The molecular weight excluding hydrogens is 304 g/mol. The molecule has 5 heteroatoms. The van der Waals surface area contributed by atoms with Crippen molar-refractivity contribution in [2.45, 2.75) is 32.9 Å². The predicted octanol–water partition coefficient (Wildman–Crippen LogP) is 3.14. The van der Waals surface area contributed by atoms with E-state index >= 15 is 0 Å². The first-order valence-corrected chi connectivity index (χ1v) is 7.78. The van der Waals surface area contributed by atoms with Crippen LogP contribution in [0.4, 0.5) is 4.79 Å². The lowest BCUT2D eigenvalue weighted by atomic mass is 9.86. The molecule has 0 bridgehead atoms. The Kier molecular flexibility index (Phi) is 7.24. The summed E-state index contributed by atoms with van der Waals surface area (Å²) < 4.78 is 4.60. The topological polar surface area (TPSA) is 67.4 Å². The van der Waals surface area contributed by atoms with Crippen molar-refractivity contribution in [2.24, 2.45) is 5.41 Å². The molecule has 1 aromatic rings. The monoisotopic (exact) mass is 330 g/mol. The van der Waals surface area contributed by atoms with E-state index in [9.17, 15) is 9.59 Å². The van der Waals surface area contributed by atoms with Gasteiger partial charge in [0.15, 0.2) is 0 Å². The number of carbonyl (C=O) groups is 2. The maximum Gasteiger partial charge on any atom is 0.407 e. The molecule has 0 heterocycles. The minimum absolute atomic E-state index is 0.296. The van der Waals surface area contributed by atoms with E-state index in [0.29, 0.717) is 0 Å². The van der Waals surface area contributed by atoms with E-state index < -0.39 is 17.6 Å². The minimum Gasteiger partial charge on any atom is -0.453 e. The average molecular weight is 330 g/mol. The fraction of sp³-hybridized carbons (Fsp3) is 0.368. The van der Waals surface area contributed by atoms with Crippen molar-refractivity contribution >= 4 is 18.1 Å². The number of carbonyl (C=O) groups excluding carboxylic acids is 2. The zero-order valence-electron chi connectivity index (χ0n) is 14.7. The summed E-state index contributed by atoms with van der Waals surface area (Å²) in [6.07, 6.45) is 4.75. The van der Waals surface area contributed by atoms with Crippen molar-refractivity contribution in [2.75, 3.05) is 7.11 Å². The Morgan fingerprint density at radius 3 is 2.29 bits per heavy atom. The Morgan fingerprint density at radius 2 is 1.79 bits per heavy atom. The van der Waals surface area contributed by atoms with Crippen molar-refractivity contribution in [1.82, 2.24) is 10.6 Å². The van der Waals surface area contributed by atoms with E-state index in [1.54, 1.807) is 6.08 Å². The van der Waals surface area contributed by atoms with Gasteiger partial charge in [-0.05, 0) is 11.0 Å². The second kappa shape index (κ2) is 8.91. The smallest absolute Gasteiger partial charge is 0.407 e. The van der Waals surface area contributed by atoms with E-state index in [-0.39, 0.29) is 11.9 Å². The standard InChI is InChI=1S/C19H26N2O3/c1-6-15(13-12-14-10-8-7-9-11-14)20-17(22)16(19(2,3)4)21-18(23)24-5/h6-13,15-16H,1H2,2-5H3,(H,20,22)(H,21,23)/b13-12+. The van der Waals surface area contributed by atoms with Crippen molar-refractivity contribution in [3.63, 3.8) is 0 Å². The molecule has 24 heavy (non-hydrogen) atoms. The van der Waals surface area contributed by atoms with E-state index in [1.165, 1.54) is 7.11 Å². The van der Waals surface area contributed by atoms with Gasteiger partial charge in [-0.1, -0.05) is 69.3 Å². The molecule has 0 aliphatic rings. The number of ether oxygens (including phenoxy) is 1. The second-order valence-electron chi connectivity index (χ2n) is 6.47. The van der Waals surface area contributed by atoms with Gasteiger partial charge in [-0.2, -0.15) is 0 Å². The lowest BCUT2D eigenvalue weighted by molar-refractivity contribution is -0.125. The molecule has 0 spiro atoms. The summed E-state index contributed by atoms with van der Waals surface area (Å²) in [6, 6.07) is 8.69. The first-order chi connectivity index (χ1) is 11.3. The fourth-order valence-electron chi connectivity index (χ4n) is 2.06. The zero-order chi connectivity index (χ0) is 18.2. The molecule has 2 N–H and O–H groups in total. The number of alkyl carbamates (subject to hydrolysis) is 1. The summed E-state index contributed by atoms with van der Waals surface area (Å²) in [5, 5.41) is 5.44. The lowest BCUT2D eigenvalue weighted by Crippen LogP contribution is -2.55. The van der Waals surface area contributed by atoms with Crippen LogP contribution in [0.15, 0.2) is 49.1 Å². The highest BCUT2D eigenvalue weighted by Crippen LogP contribution is 2.20. The summed E-state index contributed by atoms with van der Waals surface area (Å²) >= 11 is 0. The minimum atomic E-state index is -0.725. The molecule has 0 saturated heterocycles. The predicted molar refractivity (Wildman–Crippen MR) is 96.4 cm³/mol. The summed E-state index contributed by atoms with van der Waals surface area (Å²) in [4.78, 5) is 24.1. The first kappa shape index (κ1) is 19.5. The van der Waals surface area contributed by atoms with Gasteiger partial charge in [0.05, 0.1) is 13.2 Å². The Labute approximate surface area is 143 Å². The van der Waals surface area contributed by atoms with Gasteiger partial charge < -0.3 is 15.4 Å². The van der Waals surface area contributed by atoms with Gasteiger partial charge >= 0.3 is 6.09 Å². The summed E-state index contributed by atoms with van der Waals surface area (Å²) in [6.45, 7) is 9.36. The molecule has 0 saturated carbocycles. The molecule has 0 aromatic heterocycles. The van der Waals surface area contributed by atoms with Gasteiger partial charge in [0, 0.05) is 0 Å². The van der Waals surface area contributed by atoms with Crippen LogP contribution < -0.4 is 10.6 Å². The van der Waals surface area contributed by atoms with Crippen LogP contribution in [-0.2, 0) is 9.53 Å².